The molecule has 1 aromatic rings. The van der Waals surface area contributed by atoms with Gasteiger partial charge in [0.05, 0.1) is 18.4 Å². The van der Waals surface area contributed by atoms with Crippen molar-refractivity contribution in [1.29, 1.82) is 0 Å². The topological polar surface area (TPSA) is 66.8 Å². The first-order chi connectivity index (χ1) is 12.5. The van der Waals surface area contributed by atoms with Crippen LogP contribution in [0.5, 0.6) is 0 Å². The van der Waals surface area contributed by atoms with Crippen molar-refractivity contribution < 1.29 is 17.7 Å². The Morgan fingerprint density at radius 3 is 2.69 bits per heavy atom. The number of piperidine rings is 1. The molecule has 3 rings (SSSR count). The third-order valence-corrected chi connectivity index (χ3v) is 7.82. The molecule has 2 atom stereocenters. The lowest BCUT2D eigenvalue weighted by molar-refractivity contribution is -0.0360. The minimum Gasteiger partial charge on any atom is -0.396 e. The largest absolute Gasteiger partial charge is 0.396 e. The van der Waals surface area contributed by atoms with Crippen molar-refractivity contribution in [3.8, 4) is 0 Å². The van der Waals surface area contributed by atoms with E-state index in [0.717, 1.165) is 37.1 Å². The summed E-state index contributed by atoms with van der Waals surface area (Å²) in [5, 5.41) is 10.1. The smallest absolute Gasteiger partial charge is 0.264 e. The van der Waals surface area contributed by atoms with Gasteiger partial charge >= 0.3 is 0 Å². The number of hydrogen-bond donors (Lipinski definition) is 1. The van der Waals surface area contributed by atoms with Gasteiger partial charge in [-0.3, -0.25) is 9.08 Å². The third kappa shape index (κ3) is 4.50. The van der Waals surface area contributed by atoms with Gasteiger partial charge in [-0.1, -0.05) is 19.3 Å². The van der Waals surface area contributed by atoms with Crippen LogP contribution in [0.4, 0.5) is 0 Å². The Hall–Kier alpha value is -0.470. The average molecular weight is 402 g/mol. The molecule has 2 fully saturated rings. The summed E-state index contributed by atoms with van der Waals surface area (Å²) in [6, 6.07) is 4.32. The van der Waals surface area contributed by atoms with Crippen molar-refractivity contribution >= 4 is 21.5 Å². The van der Waals surface area contributed by atoms with E-state index in [2.05, 4.69) is 17.0 Å². The molecule has 0 aromatic carbocycles. The van der Waals surface area contributed by atoms with E-state index in [0.29, 0.717) is 6.42 Å². The zero-order chi connectivity index (χ0) is 18.6. The van der Waals surface area contributed by atoms with Gasteiger partial charge in [0.2, 0.25) is 0 Å². The van der Waals surface area contributed by atoms with Crippen LogP contribution in [0.25, 0.3) is 0 Å². The molecule has 2 aliphatic rings. The molecule has 0 bridgehead atoms. The second-order valence-electron chi connectivity index (χ2n) is 7.64. The summed E-state index contributed by atoms with van der Waals surface area (Å²) in [5.74, 6) is 0.285. The third-order valence-electron chi connectivity index (χ3n) is 5.91. The van der Waals surface area contributed by atoms with E-state index >= 15 is 0 Å². The highest BCUT2D eigenvalue weighted by Gasteiger charge is 2.47. The molecule has 0 amide bonds. The molecule has 1 saturated carbocycles. The van der Waals surface area contributed by atoms with Crippen LogP contribution in [0.2, 0.25) is 0 Å². The SMILES string of the molecule is CS(=O)(=O)OCCc1ccc([C@]2(N3CCCCC3)CCCC[C@H]2CO)s1. The van der Waals surface area contributed by atoms with Crippen molar-refractivity contribution in [3.63, 3.8) is 0 Å². The zero-order valence-electron chi connectivity index (χ0n) is 15.7. The number of hydrogen-bond acceptors (Lipinski definition) is 6. The predicted octanol–water partition coefficient (Wildman–Crippen LogP) is 3.13. The van der Waals surface area contributed by atoms with Crippen LogP contribution in [0.15, 0.2) is 12.1 Å². The van der Waals surface area contributed by atoms with Gasteiger partial charge in [0.25, 0.3) is 10.1 Å². The van der Waals surface area contributed by atoms with Gasteiger partial charge in [0, 0.05) is 28.7 Å². The molecule has 1 aromatic heterocycles. The fraction of sp³-hybridized carbons (Fsp3) is 0.789. The maximum Gasteiger partial charge on any atom is 0.264 e. The molecule has 1 aliphatic carbocycles. The van der Waals surface area contributed by atoms with Gasteiger partial charge in [-0.25, -0.2) is 0 Å². The second kappa shape index (κ2) is 8.69. The Morgan fingerprint density at radius 2 is 2.00 bits per heavy atom. The lowest BCUT2D eigenvalue weighted by Gasteiger charge is -2.52. The maximum atomic E-state index is 11.2. The Morgan fingerprint density at radius 1 is 1.23 bits per heavy atom. The zero-order valence-corrected chi connectivity index (χ0v) is 17.3. The monoisotopic (exact) mass is 401 g/mol. The van der Waals surface area contributed by atoms with E-state index in [9.17, 15) is 13.5 Å². The molecule has 1 aliphatic heterocycles. The lowest BCUT2D eigenvalue weighted by Crippen LogP contribution is -2.55. The molecule has 0 unspecified atom stereocenters. The summed E-state index contributed by atoms with van der Waals surface area (Å²) in [6.45, 7) is 2.65. The normalized spacial score (nSPS) is 28.3. The van der Waals surface area contributed by atoms with E-state index in [1.807, 2.05) is 0 Å². The minimum absolute atomic E-state index is 0.0476. The highest BCUT2D eigenvalue weighted by Crippen LogP contribution is 2.49. The minimum atomic E-state index is -3.39. The van der Waals surface area contributed by atoms with Gasteiger partial charge in [-0.2, -0.15) is 8.42 Å². The maximum absolute atomic E-state index is 11.2. The van der Waals surface area contributed by atoms with Crippen LogP contribution in [0, 0.1) is 5.92 Å². The second-order valence-corrected chi connectivity index (χ2v) is 10.5. The fourth-order valence-corrected chi connectivity index (χ4v) is 6.40. The standard InChI is InChI=1S/C19H31NO4S2/c1-26(22,23)24-14-10-17-8-9-18(25-17)19(20-12-5-2-6-13-20)11-4-3-7-16(19)15-21/h8-9,16,21H,2-7,10-15H2,1H3/t16-,19-/m0/s1. The van der Waals surface area contributed by atoms with Crippen molar-refractivity contribution in [2.24, 2.45) is 5.92 Å². The fourth-order valence-electron chi connectivity index (χ4n) is 4.70. The number of nitrogens with zero attached hydrogens (tertiary/aromatic N) is 1. The molecule has 1 N–H and O–H groups in total. The predicted molar refractivity (Wildman–Crippen MR) is 105 cm³/mol. The van der Waals surface area contributed by atoms with E-state index in [4.69, 9.17) is 4.18 Å². The Balaban J connectivity index is 1.83. The molecule has 1 saturated heterocycles. The first-order valence-electron chi connectivity index (χ1n) is 9.75. The number of aliphatic hydroxyl groups is 1. The summed E-state index contributed by atoms with van der Waals surface area (Å²) >= 11 is 1.77. The lowest BCUT2D eigenvalue weighted by atomic mass is 9.70. The average Bonchev–Trinajstić information content (AvgIpc) is 3.10. The van der Waals surface area contributed by atoms with Crippen LogP contribution in [0.3, 0.4) is 0 Å². The van der Waals surface area contributed by atoms with Gasteiger partial charge in [0.1, 0.15) is 0 Å². The molecule has 0 spiro atoms. The van der Waals surface area contributed by atoms with Crippen molar-refractivity contribution in [2.75, 3.05) is 32.6 Å². The van der Waals surface area contributed by atoms with Crippen LogP contribution in [-0.2, 0) is 26.3 Å². The molecular weight excluding hydrogens is 370 g/mol. The van der Waals surface area contributed by atoms with Crippen LogP contribution >= 0.6 is 11.3 Å². The highest BCUT2D eigenvalue weighted by molar-refractivity contribution is 7.85. The van der Waals surface area contributed by atoms with E-state index < -0.39 is 10.1 Å². The van der Waals surface area contributed by atoms with Crippen molar-refractivity contribution in [3.05, 3.63) is 21.9 Å². The molecular formula is C19H31NO4S2. The van der Waals surface area contributed by atoms with E-state index in [-0.39, 0.29) is 24.7 Å². The molecule has 2 heterocycles. The molecule has 148 valence electrons. The first kappa shape index (κ1) is 20.3. The first-order valence-corrected chi connectivity index (χ1v) is 12.4. The van der Waals surface area contributed by atoms with Gasteiger partial charge in [-0.15, -0.1) is 11.3 Å². The van der Waals surface area contributed by atoms with Gasteiger partial charge in [0.15, 0.2) is 0 Å². The summed E-state index contributed by atoms with van der Waals surface area (Å²) in [6.07, 6.45) is 10.1. The quantitative estimate of drug-likeness (QED) is 0.711. The molecule has 7 heteroatoms. The van der Waals surface area contributed by atoms with E-state index in [1.54, 1.807) is 11.3 Å². The van der Waals surface area contributed by atoms with E-state index in [1.165, 1.54) is 37.0 Å². The highest BCUT2D eigenvalue weighted by atomic mass is 32.2. The number of aliphatic hydroxyl groups excluding tert-OH is 1. The Labute approximate surface area is 161 Å². The Kier molecular flexibility index (Phi) is 6.78. The summed E-state index contributed by atoms with van der Waals surface area (Å²) in [4.78, 5) is 5.13. The Bertz CT molecular complexity index is 681. The van der Waals surface area contributed by atoms with Crippen LogP contribution in [0.1, 0.15) is 54.7 Å². The number of likely N-dealkylation sites (tertiary alicyclic amines) is 1. The molecule has 0 radical (unpaired) electrons. The van der Waals surface area contributed by atoms with Crippen LogP contribution < -0.4 is 0 Å². The van der Waals surface area contributed by atoms with Crippen molar-refractivity contribution in [1.82, 2.24) is 4.90 Å². The van der Waals surface area contributed by atoms with Gasteiger partial charge < -0.3 is 5.11 Å². The van der Waals surface area contributed by atoms with Crippen LogP contribution in [-0.4, -0.2) is 51.0 Å². The number of thiophene rings is 1. The summed E-state index contributed by atoms with van der Waals surface area (Å²) < 4.78 is 27.2. The summed E-state index contributed by atoms with van der Waals surface area (Å²) in [5.41, 5.74) is -0.0476. The van der Waals surface area contributed by atoms with Gasteiger partial charge in [-0.05, 0) is 50.9 Å². The molecule has 26 heavy (non-hydrogen) atoms. The summed E-state index contributed by atoms with van der Waals surface area (Å²) in [7, 11) is -3.39. The van der Waals surface area contributed by atoms with Crippen molar-refractivity contribution in [2.45, 2.75) is 56.9 Å². The number of rotatable bonds is 7. The molecule has 5 nitrogen and oxygen atoms in total.